The summed E-state index contributed by atoms with van der Waals surface area (Å²) in [4.78, 5) is 20.4. The number of hydrogen-bond donors (Lipinski definition) is 2. The molecule has 0 unspecified atom stereocenters. The highest BCUT2D eigenvalue weighted by molar-refractivity contribution is 6.06. The van der Waals surface area contributed by atoms with Crippen molar-refractivity contribution in [1.82, 2.24) is 9.88 Å². The highest BCUT2D eigenvalue weighted by Crippen LogP contribution is 2.25. The van der Waals surface area contributed by atoms with Crippen molar-refractivity contribution in [2.75, 3.05) is 36.4 Å². The van der Waals surface area contributed by atoms with Crippen LogP contribution in [0.4, 0.5) is 20.2 Å². The Bertz CT molecular complexity index is 1040. The van der Waals surface area contributed by atoms with Crippen molar-refractivity contribution in [3.05, 3.63) is 59.8 Å². The van der Waals surface area contributed by atoms with Gasteiger partial charge < -0.3 is 15.2 Å². The van der Waals surface area contributed by atoms with Gasteiger partial charge >= 0.3 is 0 Å². The molecule has 0 spiro atoms. The monoisotopic (exact) mass is 398 g/mol. The number of carbonyl (C=O) groups is 1. The zero-order valence-electron chi connectivity index (χ0n) is 16.5. The van der Waals surface area contributed by atoms with Crippen LogP contribution in [0.25, 0.3) is 10.9 Å². The van der Waals surface area contributed by atoms with Gasteiger partial charge in [0.2, 0.25) is 0 Å². The molecule has 0 radical (unpaired) electrons. The van der Waals surface area contributed by atoms with E-state index >= 15 is 0 Å². The number of anilines is 2. The van der Waals surface area contributed by atoms with E-state index in [1.807, 2.05) is 6.07 Å². The first-order valence-electron chi connectivity index (χ1n) is 9.79. The standard InChI is InChI=1S/C22H24F2N4O/c1-14(2)27-7-9-28(10-8-27)17-4-6-20-15(11-17)12-21(26-20)22(29)25-16-3-5-18(23)19(24)13-16/h3-6,11-14,26H,7-10H2,1-2H3,(H,25,29). The Morgan fingerprint density at radius 3 is 2.45 bits per heavy atom. The maximum absolute atomic E-state index is 13.3. The molecule has 2 aromatic carbocycles. The molecule has 1 saturated heterocycles. The molecule has 0 saturated carbocycles. The maximum atomic E-state index is 13.3. The molecule has 0 aliphatic carbocycles. The molecule has 2 N–H and O–H groups in total. The molecule has 3 aromatic rings. The van der Waals surface area contributed by atoms with E-state index in [4.69, 9.17) is 0 Å². The van der Waals surface area contributed by atoms with Crippen LogP contribution in [0.3, 0.4) is 0 Å². The molecule has 4 rings (SSSR count). The van der Waals surface area contributed by atoms with Gasteiger partial charge in [-0.2, -0.15) is 0 Å². The van der Waals surface area contributed by atoms with E-state index in [9.17, 15) is 13.6 Å². The van der Waals surface area contributed by atoms with Crippen LogP contribution in [-0.2, 0) is 0 Å². The van der Waals surface area contributed by atoms with Crippen molar-refractivity contribution in [3.8, 4) is 0 Å². The summed E-state index contributed by atoms with van der Waals surface area (Å²) in [5, 5.41) is 3.52. The first-order valence-corrected chi connectivity index (χ1v) is 9.79. The van der Waals surface area contributed by atoms with E-state index in [0.29, 0.717) is 11.7 Å². The van der Waals surface area contributed by atoms with E-state index in [-0.39, 0.29) is 5.69 Å². The van der Waals surface area contributed by atoms with Crippen molar-refractivity contribution < 1.29 is 13.6 Å². The van der Waals surface area contributed by atoms with E-state index < -0.39 is 17.5 Å². The Morgan fingerprint density at radius 1 is 1.00 bits per heavy atom. The molecule has 5 nitrogen and oxygen atoms in total. The van der Waals surface area contributed by atoms with E-state index in [2.05, 4.69) is 46.1 Å². The first kappa shape index (κ1) is 19.4. The summed E-state index contributed by atoms with van der Waals surface area (Å²) in [5.41, 5.74) is 2.56. The normalized spacial score (nSPS) is 15.3. The van der Waals surface area contributed by atoms with E-state index in [1.54, 1.807) is 6.07 Å². The predicted octanol–water partition coefficient (Wildman–Crippen LogP) is 4.23. The van der Waals surface area contributed by atoms with Crippen LogP contribution in [0.2, 0.25) is 0 Å². The molecule has 0 atom stereocenters. The summed E-state index contributed by atoms with van der Waals surface area (Å²) in [7, 11) is 0. The quantitative estimate of drug-likeness (QED) is 0.692. The van der Waals surface area contributed by atoms with Gasteiger partial charge in [-0.05, 0) is 50.2 Å². The number of nitrogens with one attached hydrogen (secondary N) is 2. The zero-order valence-corrected chi connectivity index (χ0v) is 16.5. The van der Waals surface area contributed by atoms with E-state index in [0.717, 1.165) is 54.9 Å². The molecular weight excluding hydrogens is 374 g/mol. The molecule has 7 heteroatoms. The number of carbonyl (C=O) groups excluding carboxylic acids is 1. The van der Waals surface area contributed by atoms with Crippen LogP contribution in [0.5, 0.6) is 0 Å². The Labute approximate surface area is 168 Å². The van der Waals surface area contributed by atoms with Crippen LogP contribution >= 0.6 is 0 Å². The average molecular weight is 398 g/mol. The summed E-state index contributed by atoms with van der Waals surface area (Å²) in [6.45, 7) is 8.44. The molecule has 1 aromatic heterocycles. The SMILES string of the molecule is CC(C)N1CCN(c2ccc3[nH]c(C(=O)Nc4ccc(F)c(F)c4)cc3c2)CC1. The number of hydrogen-bond acceptors (Lipinski definition) is 3. The highest BCUT2D eigenvalue weighted by Gasteiger charge is 2.19. The van der Waals surface area contributed by atoms with Crippen LogP contribution in [-0.4, -0.2) is 48.0 Å². The third-order valence-corrected chi connectivity index (χ3v) is 5.44. The van der Waals surface area contributed by atoms with Crippen LogP contribution in [0.15, 0.2) is 42.5 Å². The molecule has 1 aliphatic rings. The fraction of sp³-hybridized carbons (Fsp3) is 0.318. The molecule has 1 aliphatic heterocycles. The minimum Gasteiger partial charge on any atom is -0.369 e. The lowest BCUT2D eigenvalue weighted by molar-refractivity contribution is 0.102. The van der Waals surface area contributed by atoms with Gasteiger partial charge in [-0.15, -0.1) is 0 Å². The minimum atomic E-state index is -0.998. The number of nitrogens with zero attached hydrogens (tertiary/aromatic N) is 2. The number of piperazine rings is 1. The van der Waals surface area contributed by atoms with Gasteiger partial charge in [0.1, 0.15) is 5.69 Å². The molecular formula is C22H24F2N4O. The third kappa shape index (κ3) is 4.10. The van der Waals surface area contributed by atoms with Gasteiger partial charge in [0.15, 0.2) is 11.6 Å². The highest BCUT2D eigenvalue weighted by atomic mass is 19.2. The van der Waals surface area contributed by atoms with Gasteiger partial charge in [0, 0.05) is 60.6 Å². The lowest BCUT2D eigenvalue weighted by Gasteiger charge is -2.38. The molecule has 0 bridgehead atoms. The summed E-state index contributed by atoms with van der Waals surface area (Å²) in [6, 6.07) is 11.7. The van der Waals surface area contributed by atoms with Crippen LogP contribution in [0.1, 0.15) is 24.3 Å². The van der Waals surface area contributed by atoms with Crippen molar-refractivity contribution in [2.24, 2.45) is 0 Å². The van der Waals surface area contributed by atoms with Gasteiger partial charge in [0.05, 0.1) is 0 Å². The zero-order chi connectivity index (χ0) is 20.5. The van der Waals surface area contributed by atoms with E-state index in [1.165, 1.54) is 6.07 Å². The number of amides is 1. The van der Waals surface area contributed by atoms with Crippen LogP contribution < -0.4 is 10.2 Å². The van der Waals surface area contributed by atoms with Gasteiger partial charge in [-0.3, -0.25) is 9.69 Å². The molecule has 152 valence electrons. The number of benzene rings is 2. The maximum Gasteiger partial charge on any atom is 0.272 e. The average Bonchev–Trinajstić information content (AvgIpc) is 3.14. The fourth-order valence-electron chi connectivity index (χ4n) is 3.71. The third-order valence-electron chi connectivity index (χ3n) is 5.44. The minimum absolute atomic E-state index is 0.205. The van der Waals surface area contributed by atoms with Crippen molar-refractivity contribution in [1.29, 1.82) is 0 Å². The number of halogens is 2. The molecule has 29 heavy (non-hydrogen) atoms. The second-order valence-electron chi connectivity index (χ2n) is 7.65. The second kappa shape index (κ2) is 7.83. The van der Waals surface area contributed by atoms with Gasteiger partial charge in [0.25, 0.3) is 5.91 Å². The summed E-state index contributed by atoms with van der Waals surface area (Å²) < 4.78 is 26.4. The van der Waals surface area contributed by atoms with Crippen molar-refractivity contribution in [3.63, 3.8) is 0 Å². The van der Waals surface area contributed by atoms with Crippen LogP contribution in [0, 0.1) is 11.6 Å². The topological polar surface area (TPSA) is 51.4 Å². The smallest absolute Gasteiger partial charge is 0.272 e. The summed E-state index contributed by atoms with van der Waals surface area (Å²) in [5.74, 6) is -2.35. The summed E-state index contributed by atoms with van der Waals surface area (Å²) in [6.07, 6.45) is 0. The first-order chi connectivity index (χ1) is 13.9. The lowest BCUT2D eigenvalue weighted by Crippen LogP contribution is -2.48. The Balaban J connectivity index is 1.49. The number of fused-ring (bicyclic) bond motifs is 1. The molecule has 2 heterocycles. The largest absolute Gasteiger partial charge is 0.369 e. The molecule has 1 amide bonds. The Kier molecular flexibility index (Phi) is 5.24. The number of aromatic nitrogens is 1. The summed E-state index contributed by atoms with van der Waals surface area (Å²) >= 11 is 0. The van der Waals surface area contributed by atoms with Gasteiger partial charge in [-0.25, -0.2) is 8.78 Å². The Morgan fingerprint density at radius 2 is 1.76 bits per heavy atom. The second-order valence-corrected chi connectivity index (χ2v) is 7.65. The van der Waals surface area contributed by atoms with Crippen molar-refractivity contribution >= 4 is 28.2 Å². The molecule has 1 fully saturated rings. The number of aromatic amines is 1. The Hall–Kier alpha value is -2.93. The number of rotatable bonds is 4. The number of H-pyrrole nitrogens is 1. The van der Waals surface area contributed by atoms with Gasteiger partial charge in [-0.1, -0.05) is 0 Å². The predicted molar refractivity (Wildman–Crippen MR) is 112 cm³/mol. The fourth-order valence-corrected chi connectivity index (χ4v) is 3.71. The van der Waals surface area contributed by atoms with Crippen molar-refractivity contribution in [2.45, 2.75) is 19.9 Å². The lowest BCUT2D eigenvalue weighted by atomic mass is 10.2.